The monoisotopic (exact) mass is 259 g/mol. The van der Waals surface area contributed by atoms with Crippen LogP contribution in [0.3, 0.4) is 0 Å². The van der Waals surface area contributed by atoms with Crippen LogP contribution in [0.25, 0.3) is 0 Å². The maximum Gasteiger partial charge on any atom is 0.123 e. The fourth-order valence-corrected chi connectivity index (χ4v) is 2.19. The van der Waals surface area contributed by atoms with E-state index >= 15 is 0 Å². The quantitative estimate of drug-likeness (QED) is 0.798. The van der Waals surface area contributed by atoms with Crippen molar-refractivity contribution in [3.8, 4) is 11.8 Å². The number of nitrogens with zero attached hydrogens (tertiary/aromatic N) is 2. The minimum atomic E-state index is 0.128. The van der Waals surface area contributed by atoms with Crippen LogP contribution in [0.5, 0.6) is 5.75 Å². The first-order valence-electron chi connectivity index (χ1n) is 6.81. The minimum absolute atomic E-state index is 0.128. The maximum absolute atomic E-state index is 8.77. The first kappa shape index (κ1) is 13.5. The SMILES string of the molecule is CC(C)Oc1cc(N)cc(N(CCC#N)C2CC2)c1. The van der Waals surface area contributed by atoms with Gasteiger partial charge in [-0.25, -0.2) is 0 Å². The van der Waals surface area contributed by atoms with E-state index in [2.05, 4.69) is 11.0 Å². The molecule has 1 fully saturated rings. The smallest absolute Gasteiger partial charge is 0.123 e. The summed E-state index contributed by atoms with van der Waals surface area (Å²) in [6.07, 6.45) is 3.05. The number of nitriles is 1. The molecule has 0 heterocycles. The molecule has 0 saturated heterocycles. The summed E-state index contributed by atoms with van der Waals surface area (Å²) in [5.41, 5.74) is 7.72. The van der Waals surface area contributed by atoms with Gasteiger partial charge in [0.25, 0.3) is 0 Å². The van der Waals surface area contributed by atoms with Crippen LogP contribution in [0.1, 0.15) is 33.1 Å². The Balaban J connectivity index is 2.20. The van der Waals surface area contributed by atoms with Crippen molar-refractivity contribution >= 4 is 11.4 Å². The standard InChI is InChI=1S/C15H21N3O/c1-11(2)19-15-9-12(17)8-14(10-15)18(7-3-6-16)13-4-5-13/h8-11,13H,3-5,7,17H2,1-2H3. The van der Waals surface area contributed by atoms with E-state index in [4.69, 9.17) is 15.7 Å². The van der Waals surface area contributed by atoms with Gasteiger partial charge in [-0.1, -0.05) is 0 Å². The van der Waals surface area contributed by atoms with Crippen LogP contribution >= 0.6 is 0 Å². The van der Waals surface area contributed by atoms with Gasteiger partial charge >= 0.3 is 0 Å². The first-order chi connectivity index (χ1) is 9.10. The zero-order valence-corrected chi connectivity index (χ0v) is 11.6. The van der Waals surface area contributed by atoms with E-state index < -0.39 is 0 Å². The van der Waals surface area contributed by atoms with Gasteiger partial charge in [0.15, 0.2) is 0 Å². The highest BCUT2D eigenvalue weighted by molar-refractivity contribution is 5.61. The molecule has 2 N–H and O–H groups in total. The van der Waals surface area contributed by atoms with Crippen molar-refractivity contribution in [2.45, 2.75) is 45.3 Å². The number of nitrogen functional groups attached to an aromatic ring is 1. The average molecular weight is 259 g/mol. The topological polar surface area (TPSA) is 62.3 Å². The zero-order chi connectivity index (χ0) is 13.8. The van der Waals surface area contributed by atoms with Crippen molar-refractivity contribution in [3.05, 3.63) is 18.2 Å². The number of hydrogen-bond donors (Lipinski definition) is 1. The lowest BCUT2D eigenvalue weighted by atomic mass is 10.2. The molecule has 2 rings (SSSR count). The van der Waals surface area contributed by atoms with E-state index in [0.29, 0.717) is 18.2 Å². The molecule has 4 heteroatoms. The number of benzene rings is 1. The van der Waals surface area contributed by atoms with Gasteiger partial charge in [0, 0.05) is 36.1 Å². The first-order valence-corrected chi connectivity index (χ1v) is 6.81. The van der Waals surface area contributed by atoms with Crippen molar-refractivity contribution < 1.29 is 4.74 Å². The molecule has 0 bridgehead atoms. The molecule has 102 valence electrons. The third-order valence-corrected chi connectivity index (χ3v) is 3.07. The molecular weight excluding hydrogens is 238 g/mol. The molecule has 0 amide bonds. The second-order valence-corrected chi connectivity index (χ2v) is 5.26. The lowest BCUT2D eigenvalue weighted by Crippen LogP contribution is -2.26. The Morgan fingerprint density at radius 1 is 1.42 bits per heavy atom. The molecule has 0 aliphatic heterocycles. The molecule has 1 aliphatic carbocycles. The molecule has 0 radical (unpaired) electrons. The van der Waals surface area contributed by atoms with Gasteiger partial charge in [-0.2, -0.15) is 5.26 Å². The van der Waals surface area contributed by atoms with Crippen LogP contribution in [0.2, 0.25) is 0 Å². The van der Waals surface area contributed by atoms with Crippen molar-refractivity contribution in [2.24, 2.45) is 0 Å². The average Bonchev–Trinajstić information content (AvgIpc) is 3.12. The normalized spacial score (nSPS) is 14.2. The molecule has 0 aromatic heterocycles. The molecule has 1 saturated carbocycles. The third-order valence-electron chi connectivity index (χ3n) is 3.07. The highest BCUT2D eigenvalue weighted by atomic mass is 16.5. The molecule has 0 atom stereocenters. The van der Waals surface area contributed by atoms with Crippen LogP contribution in [0, 0.1) is 11.3 Å². The summed E-state index contributed by atoms with van der Waals surface area (Å²) in [5.74, 6) is 0.799. The van der Waals surface area contributed by atoms with Crippen LogP contribution < -0.4 is 15.4 Å². The Morgan fingerprint density at radius 3 is 2.74 bits per heavy atom. The molecule has 4 nitrogen and oxygen atoms in total. The second kappa shape index (κ2) is 5.83. The summed E-state index contributed by atoms with van der Waals surface area (Å²) in [6, 6.07) is 8.59. The number of nitrogens with two attached hydrogens (primary N) is 1. The lowest BCUT2D eigenvalue weighted by Gasteiger charge is -2.25. The van der Waals surface area contributed by atoms with Crippen LogP contribution in [0.15, 0.2) is 18.2 Å². The van der Waals surface area contributed by atoms with Gasteiger partial charge in [0.1, 0.15) is 5.75 Å². The highest BCUT2D eigenvalue weighted by Crippen LogP contribution is 2.35. The summed E-state index contributed by atoms with van der Waals surface area (Å²) >= 11 is 0. The highest BCUT2D eigenvalue weighted by Gasteiger charge is 2.29. The van der Waals surface area contributed by atoms with Gasteiger partial charge in [-0.15, -0.1) is 0 Å². The molecule has 1 aliphatic rings. The molecule has 1 aromatic rings. The van der Waals surface area contributed by atoms with Gasteiger partial charge in [-0.05, 0) is 32.8 Å². The second-order valence-electron chi connectivity index (χ2n) is 5.26. The number of hydrogen-bond acceptors (Lipinski definition) is 4. The number of anilines is 2. The van der Waals surface area contributed by atoms with Crippen molar-refractivity contribution in [3.63, 3.8) is 0 Å². The van der Waals surface area contributed by atoms with E-state index in [1.807, 2.05) is 32.0 Å². The van der Waals surface area contributed by atoms with Gasteiger partial charge in [0.05, 0.1) is 18.6 Å². The Morgan fingerprint density at radius 2 is 2.16 bits per heavy atom. The fraction of sp³-hybridized carbons (Fsp3) is 0.533. The molecular formula is C15H21N3O. The predicted molar refractivity (Wildman–Crippen MR) is 77.2 cm³/mol. The predicted octanol–water partition coefficient (Wildman–Crippen LogP) is 2.94. The van der Waals surface area contributed by atoms with Gasteiger partial charge in [0.2, 0.25) is 0 Å². The Kier molecular flexibility index (Phi) is 4.16. The van der Waals surface area contributed by atoms with Crippen LogP contribution in [0.4, 0.5) is 11.4 Å². The van der Waals surface area contributed by atoms with E-state index in [9.17, 15) is 0 Å². The molecule has 1 aromatic carbocycles. The van der Waals surface area contributed by atoms with E-state index in [1.54, 1.807) is 0 Å². The summed E-state index contributed by atoms with van der Waals surface area (Å²) in [7, 11) is 0. The largest absolute Gasteiger partial charge is 0.491 e. The Labute approximate surface area is 114 Å². The maximum atomic E-state index is 8.77. The van der Waals surface area contributed by atoms with Crippen molar-refractivity contribution in [2.75, 3.05) is 17.2 Å². The fourth-order valence-electron chi connectivity index (χ4n) is 2.19. The molecule has 19 heavy (non-hydrogen) atoms. The van der Waals surface area contributed by atoms with Crippen LogP contribution in [-0.2, 0) is 0 Å². The Hall–Kier alpha value is -1.89. The summed E-state index contributed by atoms with van der Waals surface area (Å²) < 4.78 is 5.72. The van der Waals surface area contributed by atoms with E-state index in [1.165, 1.54) is 12.8 Å². The van der Waals surface area contributed by atoms with E-state index in [0.717, 1.165) is 18.0 Å². The van der Waals surface area contributed by atoms with Crippen molar-refractivity contribution in [1.82, 2.24) is 0 Å². The van der Waals surface area contributed by atoms with Crippen molar-refractivity contribution in [1.29, 1.82) is 5.26 Å². The van der Waals surface area contributed by atoms with E-state index in [-0.39, 0.29) is 6.10 Å². The summed E-state index contributed by atoms with van der Waals surface area (Å²) in [6.45, 7) is 4.75. The lowest BCUT2D eigenvalue weighted by molar-refractivity contribution is 0.242. The van der Waals surface area contributed by atoms with Crippen LogP contribution in [-0.4, -0.2) is 18.7 Å². The minimum Gasteiger partial charge on any atom is -0.491 e. The molecule has 0 spiro atoms. The Bertz CT molecular complexity index is 475. The van der Waals surface area contributed by atoms with Gasteiger partial charge in [-0.3, -0.25) is 0 Å². The number of ether oxygens (including phenoxy) is 1. The summed E-state index contributed by atoms with van der Waals surface area (Å²) in [4.78, 5) is 2.27. The third kappa shape index (κ3) is 3.78. The molecule has 0 unspecified atom stereocenters. The zero-order valence-electron chi connectivity index (χ0n) is 11.6. The van der Waals surface area contributed by atoms with Gasteiger partial charge < -0.3 is 15.4 Å². The summed E-state index contributed by atoms with van der Waals surface area (Å²) in [5, 5.41) is 8.77. The number of rotatable bonds is 6.